The van der Waals surface area contributed by atoms with Gasteiger partial charge in [0.1, 0.15) is 0 Å². The number of rotatable bonds is 19. The molecule has 0 saturated carbocycles. The van der Waals surface area contributed by atoms with Crippen LogP contribution in [0.5, 0.6) is 0 Å². The molecule has 0 aliphatic carbocycles. The number of hydrogen-bond donors (Lipinski definition) is 2. The minimum atomic E-state index is -1.15. The van der Waals surface area contributed by atoms with Gasteiger partial charge < -0.3 is 10.2 Å². The molecule has 1 unspecified atom stereocenters. The number of aryl methyl sites for hydroxylation is 1. The Bertz CT molecular complexity index is 680. The predicted octanol–water partition coefficient (Wildman–Crippen LogP) is 8.31. The number of aromatic carboxylic acids is 2. The van der Waals surface area contributed by atoms with E-state index in [1.807, 2.05) is 6.07 Å². The fraction of sp³-hybridized carbons (Fsp3) is 0.714. The minimum absolute atomic E-state index is 0.0196. The van der Waals surface area contributed by atoms with Crippen molar-refractivity contribution in [2.24, 2.45) is 5.92 Å². The molecule has 0 aromatic heterocycles. The molecule has 0 spiro atoms. The number of benzene rings is 1. The van der Waals surface area contributed by atoms with Crippen LogP contribution in [0, 0.1) is 5.92 Å². The maximum Gasteiger partial charge on any atom is 0.336 e. The summed E-state index contributed by atoms with van der Waals surface area (Å²) in [5.74, 6) is -1.86. The van der Waals surface area contributed by atoms with Crippen molar-refractivity contribution < 1.29 is 19.8 Å². The lowest BCUT2D eigenvalue weighted by atomic mass is 9.83. The third-order valence-electron chi connectivity index (χ3n) is 6.56. The summed E-state index contributed by atoms with van der Waals surface area (Å²) in [7, 11) is 0. The van der Waals surface area contributed by atoms with Crippen LogP contribution in [-0.4, -0.2) is 22.2 Å². The molecule has 1 aromatic carbocycles. The molecule has 1 atom stereocenters. The Morgan fingerprint density at radius 3 is 1.88 bits per heavy atom. The first kappa shape index (κ1) is 28.2. The Balaban J connectivity index is 2.98. The summed E-state index contributed by atoms with van der Waals surface area (Å²) >= 11 is 0. The minimum Gasteiger partial charge on any atom is -0.478 e. The zero-order valence-electron chi connectivity index (χ0n) is 20.8. The lowest BCUT2D eigenvalue weighted by Gasteiger charge is -2.21. The molecule has 4 nitrogen and oxygen atoms in total. The Kier molecular flexibility index (Phi) is 14.8. The van der Waals surface area contributed by atoms with E-state index in [0.29, 0.717) is 12.3 Å². The fourth-order valence-electron chi connectivity index (χ4n) is 4.76. The largest absolute Gasteiger partial charge is 0.478 e. The fourth-order valence-corrected chi connectivity index (χ4v) is 4.76. The zero-order chi connectivity index (χ0) is 23.8. The highest BCUT2D eigenvalue weighted by Crippen LogP contribution is 2.29. The molecule has 0 heterocycles. The molecule has 0 aliphatic rings. The molecule has 1 rings (SSSR count). The molecule has 2 N–H and O–H groups in total. The van der Waals surface area contributed by atoms with Crippen LogP contribution in [0.4, 0.5) is 0 Å². The van der Waals surface area contributed by atoms with Gasteiger partial charge in [-0.1, -0.05) is 110 Å². The van der Waals surface area contributed by atoms with Crippen LogP contribution in [0.1, 0.15) is 143 Å². The summed E-state index contributed by atoms with van der Waals surface area (Å²) in [4.78, 5) is 23.9. The van der Waals surface area contributed by atoms with Crippen molar-refractivity contribution in [3.05, 3.63) is 34.4 Å². The topological polar surface area (TPSA) is 74.6 Å². The number of unbranched alkanes of at least 4 members (excludes halogenated alkanes) is 9. The van der Waals surface area contributed by atoms with Crippen molar-refractivity contribution in [1.82, 2.24) is 0 Å². The third-order valence-corrected chi connectivity index (χ3v) is 6.56. The summed E-state index contributed by atoms with van der Waals surface area (Å²) in [5.41, 5.74) is 1.76. The highest BCUT2D eigenvalue weighted by Gasteiger charge is 2.24. The molecular weight excluding hydrogens is 400 g/mol. The van der Waals surface area contributed by atoms with Crippen LogP contribution in [0.3, 0.4) is 0 Å². The van der Waals surface area contributed by atoms with E-state index in [9.17, 15) is 19.8 Å². The molecule has 0 saturated heterocycles. The van der Waals surface area contributed by atoms with Crippen LogP contribution in [-0.2, 0) is 12.8 Å². The Morgan fingerprint density at radius 1 is 0.719 bits per heavy atom. The van der Waals surface area contributed by atoms with Gasteiger partial charge in [-0.05, 0) is 42.4 Å². The van der Waals surface area contributed by atoms with Crippen molar-refractivity contribution >= 4 is 11.9 Å². The van der Waals surface area contributed by atoms with E-state index in [1.54, 1.807) is 0 Å². The van der Waals surface area contributed by atoms with Crippen molar-refractivity contribution in [2.75, 3.05) is 0 Å². The van der Waals surface area contributed by atoms with Gasteiger partial charge in [-0.3, -0.25) is 0 Å². The molecule has 0 amide bonds. The predicted molar refractivity (Wildman–Crippen MR) is 133 cm³/mol. The summed E-state index contributed by atoms with van der Waals surface area (Å²) in [6, 6.07) is 3.38. The van der Waals surface area contributed by atoms with E-state index in [-0.39, 0.29) is 11.1 Å². The smallest absolute Gasteiger partial charge is 0.336 e. The van der Waals surface area contributed by atoms with Gasteiger partial charge in [0.2, 0.25) is 0 Å². The van der Waals surface area contributed by atoms with E-state index in [4.69, 9.17) is 0 Å². The average Bonchev–Trinajstić information content (AvgIpc) is 2.76. The molecule has 0 fully saturated rings. The van der Waals surface area contributed by atoms with Gasteiger partial charge in [0.05, 0.1) is 11.1 Å². The maximum atomic E-state index is 12.1. The molecule has 1 aromatic rings. The van der Waals surface area contributed by atoms with Gasteiger partial charge in [0.25, 0.3) is 0 Å². The van der Waals surface area contributed by atoms with Gasteiger partial charge in [0, 0.05) is 0 Å². The van der Waals surface area contributed by atoms with E-state index >= 15 is 0 Å². The normalized spacial score (nSPS) is 12.1. The highest BCUT2D eigenvalue weighted by molar-refractivity contribution is 6.03. The lowest BCUT2D eigenvalue weighted by Crippen LogP contribution is -2.17. The van der Waals surface area contributed by atoms with Gasteiger partial charge in [-0.25, -0.2) is 9.59 Å². The Labute approximate surface area is 195 Å². The lowest BCUT2D eigenvalue weighted by molar-refractivity contribution is 0.0650. The second-order valence-corrected chi connectivity index (χ2v) is 9.32. The van der Waals surface area contributed by atoms with Gasteiger partial charge in [0.15, 0.2) is 0 Å². The second-order valence-electron chi connectivity index (χ2n) is 9.32. The maximum absolute atomic E-state index is 12.1. The first-order chi connectivity index (χ1) is 15.5. The number of carbonyl (C=O) groups is 2. The van der Waals surface area contributed by atoms with E-state index in [2.05, 4.69) is 20.8 Å². The Morgan fingerprint density at radius 2 is 1.31 bits per heavy atom. The quantitative estimate of drug-likeness (QED) is 0.210. The van der Waals surface area contributed by atoms with Crippen LogP contribution in [0.25, 0.3) is 0 Å². The number of hydrogen-bond acceptors (Lipinski definition) is 2. The molecule has 182 valence electrons. The summed E-state index contributed by atoms with van der Waals surface area (Å²) in [6.45, 7) is 6.59. The Hall–Kier alpha value is -1.84. The van der Waals surface area contributed by atoms with Crippen molar-refractivity contribution in [1.29, 1.82) is 0 Å². The summed E-state index contributed by atoms with van der Waals surface area (Å²) in [6.07, 6.45) is 18.0. The van der Waals surface area contributed by atoms with Crippen LogP contribution in [0.2, 0.25) is 0 Å². The third kappa shape index (κ3) is 10.2. The summed E-state index contributed by atoms with van der Waals surface area (Å²) in [5, 5.41) is 19.5. The zero-order valence-corrected chi connectivity index (χ0v) is 20.8. The molecule has 32 heavy (non-hydrogen) atoms. The summed E-state index contributed by atoms with van der Waals surface area (Å²) < 4.78 is 0. The van der Waals surface area contributed by atoms with E-state index < -0.39 is 11.9 Å². The average molecular weight is 447 g/mol. The molecule has 4 heteroatoms. The van der Waals surface area contributed by atoms with Crippen LogP contribution < -0.4 is 0 Å². The molecule has 0 aliphatic heterocycles. The first-order valence-corrected chi connectivity index (χ1v) is 13.1. The van der Waals surface area contributed by atoms with E-state index in [1.165, 1.54) is 51.0 Å². The number of carboxylic acids is 2. The first-order valence-electron chi connectivity index (χ1n) is 13.1. The van der Waals surface area contributed by atoms with Crippen molar-refractivity contribution in [3.63, 3.8) is 0 Å². The monoisotopic (exact) mass is 446 g/mol. The standard InChI is InChI=1S/C28H46O4/c1-4-7-9-10-11-12-13-15-18-23-19-20-24(27(29)30)26(28(31)32)25(23)21-22(16-6-3)17-14-8-5-2/h19-20,22H,4-18,21H2,1-3H3,(H,29,30)(H,31,32). The number of carboxylic acid groups (broad SMARTS) is 2. The van der Waals surface area contributed by atoms with Crippen molar-refractivity contribution in [2.45, 2.75) is 124 Å². The van der Waals surface area contributed by atoms with Crippen LogP contribution in [0.15, 0.2) is 12.1 Å². The van der Waals surface area contributed by atoms with E-state index in [0.717, 1.165) is 62.5 Å². The molecule has 0 radical (unpaired) electrons. The molecular formula is C28H46O4. The highest BCUT2D eigenvalue weighted by atomic mass is 16.4. The van der Waals surface area contributed by atoms with Gasteiger partial charge in [-0.2, -0.15) is 0 Å². The van der Waals surface area contributed by atoms with Crippen LogP contribution >= 0.6 is 0 Å². The van der Waals surface area contributed by atoms with Gasteiger partial charge in [-0.15, -0.1) is 0 Å². The van der Waals surface area contributed by atoms with Crippen molar-refractivity contribution in [3.8, 4) is 0 Å². The SMILES string of the molecule is CCCCCCCCCCc1ccc(C(=O)O)c(C(=O)O)c1CC(CCC)CCCCC. The molecule has 0 bridgehead atoms. The van der Waals surface area contributed by atoms with Gasteiger partial charge >= 0.3 is 11.9 Å². The second kappa shape index (κ2) is 16.7.